The Bertz CT molecular complexity index is 3190. The number of anilines is 2. The molecule has 0 unspecified atom stereocenters. The third-order valence-electron chi connectivity index (χ3n) is 13.6. The zero-order valence-corrected chi connectivity index (χ0v) is 44.6. The topological polar surface area (TPSA) is 136 Å². The minimum absolute atomic E-state index is 0.122. The van der Waals surface area contributed by atoms with E-state index in [0.717, 1.165) is 123 Å². The molecule has 5 aromatic carbocycles. The van der Waals surface area contributed by atoms with Crippen LogP contribution in [0.1, 0.15) is 152 Å². The van der Waals surface area contributed by atoms with Gasteiger partial charge in [-0.25, -0.2) is 0 Å². The van der Waals surface area contributed by atoms with Gasteiger partial charge in [-0.3, -0.25) is 10.4 Å². The van der Waals surface area contributed by atoms with Crippen molar-refractivity contribution in [3.8, 4) is 6.07 Å². The smallest absolute Gasteiger partial charge is 0.214 e. The highest BCUT2D eigenvalue weighted by Crippen LogP contribution is 2.48. The van der Waals surface area contributed by atoms with Crippen molar-refractivity contribution >= 4 is 69.6 Å². The first-order chi connectivity index (χ1) is 35.7. The summed E-state index contributed by atoms with van der Waals surface area (Å²) in [7, 11) is 0. The van der Waals surface area contributed by atoms with Gasteiger partial charge in [-0.1, -0.05) is 167 Å². The Labute approximate surface area is 444 Å². The predicted molar refractivity (Wildman–Crippen MR) is 315 cm³/mol. The Morgan fingerprint density at radius 2 is 1.22 bits per heavy atom. The van der Waals surface area contributed by atoms with Crippen LogP contribution in [-0.4, -0.2) is 17.2 Å². The van der Waals surface area contributed by atoms with E-state index in [0.29, 0.717) is 33.7 Å². The van der Waals surface area contributed by atoms with E-state index < -0.39 is 5.97 Å². The van der Waals surface area contributed by atoms with Crippen LogP contribution < -0.4 is 11.5 Å². The number of nitrogens with two attached hydrogens (primary N) is 2. The molecule has 2 fully saturated rings. The first-order valence-electron chi connectivity index (χ1n) is 25.8. The maximum atomic E-state index is 14.1. The number of hydrogen-bond donors (Lipinski definition) is 4. The molecule has 0 amide bonds. The molecule has 1 aromatic heterocycles. The predicted octanol–water partition coefficient (Wildman–Crippen LogP) is 17.7. The van der Waals surface area contributed by atoms with Gasteiger partial charge in [-0.15, -0.1) is 0 Å². The maximum Gasteiger partial charge on any atom is 0.214 e. The van der Waals surface area contributed by atoms with E-state index in [1.54, 1.807) is 18.2 Å². The first-order valence-corrected chi connectivity index (χ1v) is 26.1. The molecule has 6 aromatic rings. The van der Waals surface area contributed by atoms with Gasteiger partial charge in [0.15, 0.2) is 0 Å². The van der Waals surface area contributed by atoms with Gasteiger partial charge in [0.25, 0.3) is 0 Å². The number of rotatable bonds is 16. The highest BCUT2D eigenvalue weighted by atomic mass is 35.5. The molecule has 8 rings (SSSR count). The number of pyridine rings is 1. The summed E-state index contributed by atoms with van der Waals surface area (Å²) in [5, 5.41) is 26.0. The summed E-state index contributed by atoms with van der Waals surface area (Å²) in [5.74, 6) is -0.297. The fourth-order valence-electron chi connectivity index (χ4n) is 9.36. The van der Waals surface area contributed by atoms with Gasteiger partial charge in [-0.2, -0.15) is 9.65 Å². The van der Waals surface area contributed by atoms with Crippen LogP contribution in [0.4, 0.5) is 15.8 Å². The van der Waals surface area contributed by atoms with Crippen LogP contribution in [0.25, 0.3) is 34.4 Å². The average molecular weight is 1000 g/mol. The van der Waals surface area contributed by atoms with Gasteiger partial charge in [0.2, 0.25) is 5.97 Å². The zero-order chi connectivity index (χ0) is 53.5. The number of hydrogen-bond acceptors (Lipinski definition) is 6. The minimum atomic E-state index is -1.02. The van der Waals surface area contributed by atoms with E-state index in [1.807, 2.05) is 88.5 Å². The number of benzene rings is 5. The molecule has 378 valence electrons. The number of allylic oxidation sites excluding steroid dienone is 6. The van der Waals surface area contributed by atoms with Gasteiger partial charge in [-0.05, 0) is 180 Å². The highest BCUT2D eigenvalue weighted by molar-refractivity contribution is 6.30. The molecule has 0 saturated heterocycles. The standard InChI is InChI=1S/C33H36FN3.C31H28ClN3.C2H6/c1-5-7-27-18-22(4)29(20-37-27)32(24-8-6-9-24)31(26-16-17-30(35)28(19-26)33(34)36)25-14-12-23(13-15-25)11-10-21(2)3;1-20(2)6-7-21-8-10-23(11-9-21)30(24-12-15-29(35)26(16-24)19-34)31(22-4-3-5-22)28-14-13-27(32)17-25(28)18-33;1-2/h10-20,24,36H,2,5-9,35H2,1,3-4H3;6-17,19,22,34H,1,3-5,35H2,2H3;1-2H3/b11-10+,32-31+,36-33?;7-6+,31-30+,34-19?;. The lowest BCUT2D eigenvalue weighted by Crippen LogP contribution is -2.16. The molecule has 0 atom stereocenters. The van der Waals surface area contributed by atoms with E-state index >= 15 is 0 Å². The summed E-state index contributed by atoms with van der Waals surface area (Å²) in [5.41, 5.74) is 31.3. The third-order valence-corrected chi connectivity index (χ3v) is 13.8. The number of nitrogens with one attached hydrogen (secondary N) is 2. The van der Waals surface area contributed by atoms with E-state index in [1.165, 1.54) is 23.8 Å². The van der Waals surface area contributed by atoms with E-state index in [2.05, 4.69) is 93.7 Å². The molecule has 2 saturated carbocycles. The number of aryl methyl sites for hydroxylation is 2. The lowest BCUT2D eigenvalue weighted by atomic mass is 9.72. The van der Waals surface area contributed by atoms with Gasteiger partial charge in [0, 0.05) is 40.1 Å². The second-order valence-electron chi connectivity index (χ2n) is 19.1. The van der Waals surface area contributed by atoms with Crippen molar-refractivity contribution in [2.24, 2.45) is 11.8 Å². The van der Waals surface area contributed by atoms with E-state index in [9.17, 15) is 9.65 Å². The van der Waals surface area contributed by atoms with Crippen LogP contribution in [0.15, 0.2) is 152 Å². The van der Waals surface area contributed by atoms with E-state index in [-0.39, 0.29) is 11.3 Å². The molecule has 0 spiro atoms. The number of halogens is 2. The van der Waals surface area contributed by atoms with Gasteiger partial charge in [0.1, 0.15) is 0 Å². The lowest BCUT2D eigenvalue weighted by molar-refractivity contribution is 0.401. The Morgan fingerprint density at radius 1 is 0.716 bits per heavy atom. The van der Waals surface area contributed by atoms with Crippen LogP contribution in [0, 0.1) is 40.9 Å². The fraction of sp³-hybridized carbons (Fsp3) is 0.242. The average Bonchev–Trinajstić information content (AvgIpc) is 3.36. The molecule has 0 bridgehead atoms. The lowest BCUT2D eigenvalue weighted by Gasteiger charge is -2.32. The number of nitriles is 1. The summed E-state index contributed by atoms with van der Waals surface area (Å²) >= 11 is 6.25. The molecule has 8 heteroatoms. The number of aromatic nitrogens is 1. The van der Waals surface area contributed by atoms with Crippen molar-refractivity contribution in [2.75, 3.05) is 11.5 Å². The quantitative estimate of drug-likeness (QED) is 0.0332. The van der Waals surface area contributed by atoms with Crippen molar-refractivity contribution in [3.63, 3.8) is 0 Å². The normalized spacial score (nSPS) is 14.0. The molecule has 0 aliphatic heterocycles. The summed E-state index contributed by atoms with van der Waals surface area (Å²) in [4.78, 5) is 4.81. The molecular weight excluding hydrogens is 931 g/mol. The van der Waals surface area contributed by atoms with Crippen LogP contribution in [0.5, 0.6) is 0 Å². The maximum absolute atomic E-state index is 14.1. The van der Waals surface area contributed by atoms with Crippen LogP contribution >= 0.6 is 11.6 Å². The van der Waals surface area contributed by atoms with Crippen molar-refractivity contribution in [2.45, 2.75) is 92.9 Å². The SMILES string of the molecule is C=C(C)/C=C/c1ccc(/C(=C(\c2ccc(Cl)cc2C#N)C2CCC2)c2ccc(N)c(C=N)c2)cc1.C=C(C)/C=C/c1ccc(/C(=C(\c2cnc(CCC)cc2C)C2CCC2)c2ccc(N)c(C(=N)F)c2)cc1.CC. The molecule has 6 nitrogen and oxygen atoms in total. The van der Waals surface area contributed by atoms with Crippen molar-refractivity contribution < 1.29 is 4.39 Å². The number of nitrogens with zero attached hydrogens (tertiary/aromatic N) is 2. The third kappa shape index (κ3) is 13.7. The van der Waals surface area contributed by atoms with Crippen LogP contribution in [0.3, 0.4) is 0 Å². The number of nitrogen functional groups attached to an aromatic ring is 2. The van der Waals surface area contributed by atoms with E-state index in [4.69, 9.17) is 38.9 Å². The van der Waals surface area contributed by atoms with Gasteiger partial charge in [0.05, 0.1) is 17.2 Å². The fourth-order valence-corrected chi connectivity index (χ4v) is 9.53. The van der Waals surface area contributed by atoms with Crippen LogP contribution in [0.2, 0.25) is 5.02 Å². The summed E-state index contributed by atoms with van der Waals surface area (Å²) in [6.45, 7) is 20.1. The molecule has 74 heavy (non-hydrogen) atoms. The highest BCUT2D eigenvalue weighted by Gasteiger charge is 2.30. The van der Waals surface area contributed by atoms with Crippen molar-refractivity contribution in [1.82, 2.24) is 4.98 Å². The Kier molecular flexibility index (Phi) is 19.8. The monoisotopic (exact) mass is 1000 g/mol. The molecule has 1 heterocycles. The summed E-state index contributed by atoms with van der Waals surface area (Å²) in [6, 6.07) is 38.2. The second kappa shape index (κ2) is 26.3. The summed E-state index contributed by atoms with van der Waals surface area (Å²) < 4.78 is 14.1. The van der Waals surface area contributed by atoms with Crippen molar-refractivity contribution in [3.05, 3.63) is 229 Å². The van der Waals surface area contributed by atoms with Gasteiger partial charge >= 0.3 is 0 Å². The summed E-state index contributed by atoms with van der Waals surface area (Å²) in [6.07, 6.45) is 20.1. The zero-order valence-electron chi connectivity index (χ0n) is 43.9. The molecule has 2 aliphatic carbocycles. The molecular formula is C66H70ClFN6. The largest absolute Gasteiger partial charge is 0.398 e. The van der Waals surface area contributed by atoms with Gasteiger partial charge < -0.3 is 16.9 Å². The Morgan fingerprint density at radius 3 is 1.66 bits per heavy atom. The molecule has 6 N–H and O–H groups in total. The Hall–Kier alpha value is -7.66. The second-order valence-corrected chi connectivity index (χ2v) is 19.5. The van der Waals surface area contributed by atoms with Crippen molar-refractivity contribution in [1.29, 1.82) is 16.1 Å². The molecule has 2 aliphatic rings. The minimum Gasteiger partial charge on any atom is -0.398 e. The first kappa shape index (κ1) is 55.7. The van der Waals surface area contributed by atoms with Crippen LogP contribution in [-0.2, 0) is 6.42 Å². The Balaban J connectivity index is 0.000000234. The molecule has 0 radical (unpaired) electrons.